The molecule has 0 bridgehead atoms. The highest BCUT2D eigenvalue weighted by molar-refractivity contribution is 5.81. The van der Waals surface area contributed by atoms with Crippen molar-refractivity contribution in [2.24, 2.45) is 0 Å². The summed E-state index contributed by atoms with van der Waals surface area (Å²) < 4.78 is 20.7. The van der Waals surface area contributed by atoms with E-state index in [0.29, 0.717) is 11.5 Å². The van der Waals surface area contributed by atoms with Crippen LogP contribution in [0.25, 0.3) is 28.2 Å². The third-order valence-electron chi connectivity index (χ3n) is 4.85. The molecule has 3 heterocycles. The molecule has 27 heavy (non-hydrogen) atoms. The topological polar surface area (TPSA) is 52.0 Å². The fourth-order valence-electron chi connectivity index (χ4n) is 3.52. The van der Waals surface area contributed by atoms with Crippen LogP contribution in [-0.4, -0.2) is 28.2 Å². The molecule has 0 aliphatic carbocycles. The quantitative estimate of drug-likeness (QED) is 0.595. The monoisotopic (exact) mass is 360 g/mol. The second kappa shape index (κ2) is 6.09. The van der Waals surface area contributed by atoms with Gasteiger partial charge in [-0.25, -0.2) is 9.37 Å². The molecule has 0 atom stereocenters. The van der Waals surface area contributed by atoms with Crippen molar-refractivity contribution in [2.45, 2.75) is 6.42 Å². The molecule has 0 spiro atoms. The highest BCUT2D eigenvalue weighted by atomic mass is 19.1. The van der Waals surface area contributed by atoms with Crippen LogP contribution >= 0.6 is 0 Å². The van der Waals surface area contributed by atoms with E-state index in [1.165, 1.54) is 17.7 Å². The first-order valence-corrected chi connectivity index (χ1v) is 8.79. The van der Waals surface area contributed by atoms with Crippen molar-refractivity contribution in [3.63, 3.8) is 0 Å². The standard InChI is InChI=1S/C21H17FN4O/c1-27-19-9-8-18-21(25-19)26(16-6-7-17-14(12-16)10-11-23-17)20(24-18)13-2-4-15(22)5-3-13/h2-9,12,23H,10-11H2,1H3. The SMILES string of the molecule is COc1ccc2nc(-c3ccc(F)cc3)n(-c3ccc4c(c3)CCN4)c2n1. The molecule has 2 aromatic heterocycles. The van der Waals surface area contributed by atoms with Crippen LogP contribution in [0.15, 0.2) is 54.6 Å². The third kappa shape index (κ3) is 2.61. The van der Waals surface area contributed by atoms with E-state index in [2.05, 4.69) is 22.4 Å². The molecular formula is C21H17FN4O. The van der Waals surface area contributed by atoms with Crippen LogP contribution in [0.4, 0.5) is 10.1 Å². The fourth-order valence-corrected chi connectivity index (χ4v) is 3.52. The van der Waals surface area contributed by atoms with Crippen LogP contribution in [0, 0.1) is 5.82 Å². The molecule has 134 valence electrons. The van der Waals surface area contributed by atoms with Gasteiger partial charge in [-0.1, -0.05) is 0 Å². The Morgan fingerprint density at radius 2 is 1.89 bits per heavy atom. The normalized spacial score (nSPS) is 12.8. The molecule has 2 aromatic carbocycles. The number of nitrogens with zero attached hydrogens (tertiary/aromatic N) is 3. The fraction of sp³-hybridized carbons (Fsp3) is 0.143. The van der Waals surface area contributed by atoms with Crippen molar-refractivity contribution in [2.75, 3.05) is 19.0 Å². The van der Waals surface area contributed by atoms with Gasteiger partial charge in [0, 0.05) is 29.5 Å². The molecule has 6 heteroatoms. The van der Waals surface area contributed by atoms with Crippen LogP contribution in [-0.2, 0) is 6.42 Å². The van der Waals surface area contributed by atoms with Crippen molar-refractivity contribution < 1.29 is 9.13 Å². The van der Waals surface area contributed by atoms with Crippen LogP contribution in [0.3, 0.4) is 0 Å². The summed E-state index contributed by atoms with van der Waals surface area (Å²) in [5.41, 5.74) is 5.69. The lowest BCUT2D eigenvalue weighted by molar-refractivity contribution is 0.399. The summed E-state index contributed by atoms with van der Waals surface area (Å²) in [5, 5.41) is 3.38. The van der Waals surface area contributed by atoms with Crippen molar-refractivity contribution in [3.05, 3.63) is 66.0 Å². The van der Waals surface area contributed by atoms with Gasteiger partial charge in [0.2, 0.25) is 5.88 Å². The van der Waals surface area contributed by atoms with E-state index in [4.69, 9.17) is 9.72 Å². The average molecular weight is 360 g/mol. The van der Waals surface area contributed by atoms with Crippen molar-refractivity contribution in [1.82, 2.24) is 14.5 Å². The molecule has 5 nitrogen and oxygen atoms in total. The van der Waals surface area contributed by atoms with Gasteiger partial charge in [0.15, 0.2) is 5.65 Å². The number of rotatable bonds is 3. The van der Waals surface area contributed by atoms with Crippen LogP contribution < -0.4 is 10.1 Å². The Kier molecular flexibility index (Phi) is 3.57. The Hall–Kier alpha value is -3.41. The Morgan fingerprint density at radius 1 is 1.04 bits per heavy atom. The number of pyridine rings is 1. The van der Waals surface area contributed by atoms with Gasteiger partial charge in [0.1, 0.15) is 17.2 Å². The molecule has 0 fully saturated rings. The predicted molar refractivity (Wildman–Crippen MR) is 103 cm³/mol. The van der Waals surface area contributed by atoms with Gasteiger partial charge in [0.05, 0.1) is 7.11 Å². The minimum atomic E-state index is -0.273. The maximum atomic E-state index is 13.4. The molecule has 1 aliphatic rings. The van der Waals surface area contributed by atoms with Crippen LogP contribution in [0.2, 0.25) is 0 Å². The third-order valence-corrected chi connectivity index (χ3v) is 4.85. The minimum absolute atomic E-state index is 0.273. The molecule has 0 saturated heterocycles. The summed E-state index contributed by atoms with van der Waals surface area (Å²) in [6.45, 7) is 0.945. The number of ether oxygens (including phenoxy) is 1. The molecule has 0 radical (unpaired) electrons. The minimum Gasteiger partial charge on any atom is -0.481 e. The van der Waals surface area contributed by atoms with E-state index in [1.54, 1.807) is 25.3 Å². The Balaban J connectivity index is 1.79. The van der Waals surface area contributed by atoms with E-state index in [0.717, 1.165) is 41.2 Å². The van der Waals surface area contributed by atoms with Gasteiger partial charge >= 0.3 is 0 Å². The van der Waals surface area contributed by atoms with Gasteiger partial charge in [-0.2, -0.15) is 4.98 Å². The number of hydrogen-bond acceptors (Lipinski definition) is 4. The Morgan fingerprint density at radius 3 is 2.70 bits per heavy atom. The largest absolute Gasteiger partial charge is 0.481 e. The summed E-state index contributed by atoms with van der Waals surface area (Å²) in [6.07, 6.45) is 0.985. The number of fused-ring (bicyclic) bond motifs is 2. The van der Waals surface area contributed by atoms with Crippen LogP contribution in [0.5, 0.6) is 5.88 Å². The van der Waals surface area contributed by atoms with Crippen LogP contribution in [0.1, 0.15) is 5.56 Å². The van der Waals surface area contributed by atoms with Crippen molar-refractivity contribution in [1.29, 1.82) is 0 Å². The summed E-state index contributed by atoms with van der Waals surface area (Å²) in [5.74, 6) is 0.971. The number of imidazole rings is 1. The van der Waals surface area contributed by atoms with E-state index in [9.17, 15) is 4.39 Å². The molecular weight excluding hydrogens is 343 g/mol. The zero-order valence-corrected chi connectivity index (χ0v) is 14.7. The number of aromatic nitrogens is 3. The zero-order valence-electron chi connectivity index (χ0n) is 14.7. The second-order valence-electron chi connectivity index (χ2n) is 6.49. The number of anilines is 1. The first-order chi connectivity index (χ1) is 13.2. The van der Waals surface area contributed by atoms with E-state index in [1.807, 2.05) is 16.7 Å². The number of nitrogens with one attached hydrogen (secondary N) is 1. The van der Waals surface area contributed by atoms with E-state index < -0.39 is 0 Å². The Labute approximate surface area is 155 Å². The molecule has 5 rings (SSSR count). The lowest BCUT2D eigenvalue weighted by Crippen LogP contribution is -2.00. The molecule has 0 amide bonds. The predicted octanol–water partition coefficient (Wildman–Crippen LogP) is 4.20. The number of methoxy groups -OCH3 is 1. The first kappa shape index (κ1) is 15.8. The lowest BCUT2D eigenvalue weighted by atomic mass is 10.1. The van der Waals surface area contributed by atoms with Crippen molar-refractivity contribution in [3.8, 4) is 23.0 Å². The highest BCUT2D eigenvalue weighted by Gasteiger charge is 2.18. The van der Waals surface area contributed by atoms with Gasteiger partial charge < -0.3 is 10.1 Å². The first-order valence-electron chi connectivity index (χ1n) is 8.79. The highest BCUT2D eigenvalue weighted by Crippen LogP contribution is 2.32. The van der Waals surface area contributed by atoms with Gasteiger partial charge in [-0.15, -0.1) is 0 Å². The number of benzene rings is 2. The molecule has 1 aliphatic heterocycles. The maximum Gasteiger partial charge on any atom is 0.215 e. The number of hydrogen-bond donors (Lipinski definition) is 1. The summed E-state index contributed by atoms with van der Waals surface area (Å²) in [4.78, 5) is 9.38. The molecule has 4 aromatic rings. The Bertz CT molecular complexity index is 1150. The smallest absolute Gasteiger partial charge is 0.215 e. The van der Waals surface area contributed by atoms with Gasteiger partial charge in [0.25, 0.3) is 0 Å². The molecule has 0 unspecified atom stereocenters. The molecule has 1 N–H and O–H groups in total. The van der Waals surface area contributed by atoms with E-state index >= 15 is 0 Å². The zero-order chi connectivity index (χ0) is 18.4. The van der Waals surface area contributed by atoms with Gasteiger partial charge in [-0.05, 0) is 60.5 Å². The van der Waals surface area contributed by atoms with E-state index in [-0.39, 0.29) is 5.82 Å². The summed E-state index contributed by atoms with van der Waals surface area (Å²) >= 11 is 0. The lowest BCUT2D eigenvalue weighted by Gasteiger charge is -2.11. The molecule has 0 saturated carbocycles. The average Bonchev–Trinajstić information content (AvgIpc) is 3.31. The van der Waals surface area contributed by atoms with Gasteiger partial charge in [-0.3, -0.25) is 4.57 Å². The number of halogens is 1. The second-order valence-corrected chi connectivity index (χ2v) is 6.49. The maximum absolute atomic E-state index is 13.4. The summed E-state index contributed by atoms with van der Waals surface area (Å²) in [6, 6.07) is 16.3. The summed E-state index contributed by atoms with van der Waals surface area (Å²) in [7, 11) is 1.59. The van der Waals surface area contributed by atoms with Crippen molar-refractivity contribution >= 4 is 16.9 Å².